The van der Waals surface area contributed by atoms with Gasteiger partial charge in [0.1, 0.15) is 5.65 Å². The van der Waals surface area contributed by atoms with Gasteiger partial charge in [0.15, 0.2) is 0 Å². The summed E-state index contributed by atoms with van der Waals surface area (Å²) in [5.74, 6) is -1.83. The van der Waals surface area contributed by atoms with Crippen molar-refractivity contribution in [3.63, 3.8) is 0 Å². The Balaban J connectivity index is 2.67. The number of ketones is 1. The van der Waals surface area contributed by atoms with Gasteiger partial charge in [0, 0.05) is 24.3 Å². The number of hydrogen-bond donors (Lipinski definition) is 0. The molecule has 2 rings (SSSR count). The molecule has 0 amide bonds. The zero-order valence-electron chi connectivity index (χ0n) is 8.95. The number of pyridine rings is 1. The van der Waals surface area contributed by atoms with Crippen molar-refractivity contribution in [3.05, 3.63) is 30.1 Å². The molecule has 2 aromatic rings. The summed E-state index contributed by atoms with van der Waals surface area (Å²) in [5.41, 5.74) is 0.0463. The van der Waals surface area contributed by atoms with Crippen LogP contribution in [-0.2, 0) is 6.54 Å². The number of nitrogens with zero attached hydrogens (tertiary/aromatic N) is 2. The third-order valence-corrected chi connectivity index (χ3v) is 2.48. The Morgan fingerprint density at radius 2 is 2.18 bits per heavy atom. The molecule has 2 aromatic heterocycles. The summed E-state index contributed by atoms with van der Waals surface area (Å²) in [6.07, 6.45) is -2.17. The number of fused-ring (bicyclic) bond motifs is 1. The molecule has 0 aromatic carbocycles. The van der Waals surface area contributed by atoms with Gasteiger partial charge in [-0.05, 0) is 19.1 Å². The van der Waals surface area contributed by atoms with Crippen molar-refractivity contribution in [3.8, 4) is 0 Å². The molecule has 17 heavy (non-hydrogen) atoms. The highest BCUT2D eigenvalue weighted by molar-refractivity contribution is 6.09. The zero-order chi connectivity index (χ0) is 12.6. The van der Waals surface area contributed by atoms with E-state index in [1.807, 2.05) is 0 Å². The highest BCUT2D eigenvalue weighted by atomic mass is 19.4. The molecule has 0 radical (unpaired) electrons. The summed E-state index contributed by atoms with van der Waals surface area (Å²) < 4.78 is 38.7. The summed E-state index contributed by atoms with van der Waals surface area (Å²) in [7, 11) is 0. The van der Waals surface area contributed by atoms with E-state index < -0.39 is 12.0 Å². The van der Waals surface area contributed by atoms with Crippen LogP contribution in [0.2, 0.25) is 0 Å². The van der Waals surface area contributed by atoms with Crippen LogP contribution in [0.4, 0.5) is 13.2 Å². The van der Waals surface area contributed by atoms with Crippen LogP contribution < -0.4 is 0 Å². The fraction of sp³-hybridized carbons (Fsp3) is 0.273. The van der Waals surface area contributed by atoms with Crippen molar-refractivity contribution in [1.82, 2.24) is 9.55 Å². The average molecular weight is 242 g/mol. The van der Waals surface area contributed by atoms with Crippen LogP contribution in [0.5, 0.6) is 0 Å². The van der Waals surface area contributed by atoms with Gasteiger partial charge in [-0.25, -0.2) is 4.98 Å². The van der Waals surface area contributed by atoms with Crippen LogP contribution in [0.1, 0.15) is 17.3 Å². The number of hydrogen-bond acceptors (Lipinski definition) is 2. The minimum atomic E-state index is -4.86. The van der Waals surface area contributed by atoms with Crippen molar-refractivity contribution >= 4 is 16.8 Å². The molecule has 2 heterocycles. The monoisotopic (exact) mass is 242 g/mol. The highest BCUT2D eigenvalue weighted by Gasteiger charge is 2.40. The van der Waals surface area contributed by atoms with Crippen LogP contribution in [0.15, 0.2) is 24.5 Å². The molecule has 0 unspecified atom stereocenters. The van der Waals surface area contributed by atoms with E-state index in [-0.39, 0.29) is 10.9 Å². The number of carbonyl (C=O) groups excluding carboxylic acids is 1. The van der Waals surface area contributed by atoms with Crippen LogP contribution in [0.3, 0.4) is 0 Å². The van der Waals surface area contributed by atoms with E-state index in [1.165, 1.54) is 29.1 Å². The molecular weight excluding hydrogens is 233 g/mol. The van der Waals surface area contributed by atoms with Gasteiger partial charge >= 0.3 is 6.18 Å². The van der Waals surface area contributed by atoms with Crippen LogP contribution in [-0.4, -0.2) is 21.5 Å². The fourth-order valence-corrected chi connectivity index (χ4v) is 1.70. The van der Waals surface area contributed by atoms with E-state index in [0.29, 0.717) is 12.2 Å². The number of halogens is 3. The summed E-state index contributed by atoms with van der Waals surface area (Å²) in [6.45, 7) is 2.23. The second kappa shape index (κ2) is 3.87. The van der Waals surface area contributed by atoms with Gasteiger partial charge in [0.25, 0.3) is 5.78 Å². The third-order valence-electron chi connectivity index (χ3n) is 2.48. The molecule has 90 valence electrons. The van der Waals surface area contributed by atoms with Crippen molar-refractivity contribution in [2.75, 3.05) is 0 Å². The van der Waals surface area contributed by atoms with Crippen LogP contribution >= 0.6 is 0 Å². The maximum absolute atomic E-state index is 12.4. The topological polar surface area (TPSA) is 34.9 Å². The number of rotatable bonds is 2. The summed E-state index contributed by atoms with van der Waals surface area (Å²) in [4.78, 5) is 15.2. The number of carbonyl (C=O) groups is 1. The predicted molar refractivity (Wildman–Crippen MR) is 55.8 cm³/mol. The largest absolute Gasteiger partial charge is 0.454 e. The van der Waals surface area contributed by atoms with Crippen molar-refractivity contribution in [2.24, 2.45) is 0 Å². The maximum Gasteiger partial charge on any atom is 0.454 e. The second-order valence-corrected chi connectivity index (χ2v) is 3.53. The lowest BCUT2D eigenvalue weighted by molar-refractivity contribution is -0.0884. The van der Waals surface area contributed by atoms with Gasteiger partial charge in [-0.15, -0.1) is 0 Å². The van der Waals surface area contributed by atoms with E-state index in [4.69, 9.17) is 0 Å². The molecule has 0 bridgehead atoms. The number of Topliss-reactive ketones (excluding diaryl/α,β-unsaturated/α-hetero) is 1. The predicted octanol–water partition coefficient (Wildman–Crippen LogP) is 2.80. The van der Waals surface area contributed by atoms with Gasteiger partial charge in [0.05, 0.1) is 5.56 Å². The second-order valence-electron chi connectivity index (χ2n) is 3.53. The van der Waals surface area contributed by atoms with E-state index in [9.17, 15) is 18.0 Å². The molecule has 0 N–H and O–H groups in total. The Bertz CT molecular complexity index is 572. The molecule has 0 spiro atoms. The Labute approximate surface area is 94.9 Å². The first-order chi connectivity index (χ1) is 7.95. The Kier molecular flexibility index (Phi) is 2.65. The lowest BCUT2D eigenvalue weighted by atomic mass is 10.1. The average Bonchev–Trinajstić information content (AvgIpc) is 2.65. The van der Waals surface area contributed by atoms with Gasteiger partial charge in [-0.3, -0.25) is 4.79 Å². The van der Waals surface area contributed by atoms with Gasteiger partial charge in [0.2, 0.25) is 0 Å². The first-order valence-corrected chi connectivity index (χ1v) is 5.00. The first-order valence-electron chi connectivity index (χ1n) is 5.00. The highest BCUT2D eigenvalue weighted by Crippen LogP contribution is 2.27. The van der Waals surface area contributed by atoms with Gasteiger partial charge in [-0.2, -0.15) is 13.2 Å². The van der Waals surface area contributed by atoms with E-state index in [2.05, 4.69) is 4.98 Å². The number of aryl methyl sites for hydroxylation is 1. The number of alkyl halides is 3. The Hall–Kier alpha value is -1.85. The van der Waals surface area contributed by atoms with Crippen molar-refractivity contribution in [2.45, 2.75) is 19.6 Å². The third kappa shape index (κ3) is 1.90. The van der Waals surface area contributed by atoms with Crippen LogP contribution in [0.25, 0.3) is 11.0 Å². The van der Waals surface area contributed by atoms with E-state index >= 15 is 0 Å². The quantitative estimate of drug-likeness (QED) is 0.759. The summed E-state index contributed by atoms with van der Waals surface area (Å²) >= 11 is 0. The van der Waals surface area contributed by atoms with Gasteiger partial charge < -0.3 is 4.57 Å². The molecular formula is C11H9F3N2O. The smallest absolute Gasteiger partial charge is 0.332 e. The number of aromatic nitrogens is 2. The molecule has 0 aliphatic heterocycles. The normalized spacial score (nSPS) is 12.0. The van der Waals surface area contributed by atoms with E-state index in [0.717, 1.165) is 0 Å². The minimum Gasteiger partial charge on any atom is -0.332 e. The molecule has 0 saturated heterocycles. The lowest BCUT2D eigenvalue weighted by Gasteiger charge is -2.02. The van der Waals surface area contributed by atoms with Gasteiger partial charge in [-0.1, -0.05) is 0 Å². The van der Waals surface area contributed by atoms with Crippen molar-refractivity contribution in [1.29, 1.82) is 0 Å². The Morgan fingerprint density at radius 1 is 1.47 bits per heavy atom. The van der Waals surface area contributed by atoms with Crippen LogP contribution in [0, 0.1) is 0 Å². The molecule has 3 nitrogen and oxygen atoms in total. The molecule has 0 aliphatic rings. The molecule has 0 saturated carbocycles. The molecule has 6 heteroatoms. The summed E-state index contributed by atoms with van der Waals surface area (Å²) in [6, 6.07) is 2.98. The Morgan fingerprint density at radius 3 is 2.76 bits per heavy atom. The molecule has 0 fully saturated rings. The molecule has 0 atom stereocenters. The van der Waals surface area contributed by atoms with Crippen molar-refractivity contribution < 1.29 is 18.0 Å². The SMILES string of the molecule is CCn1cc(C(=O)C(F)(F)F)c2cccnc21. The maximum atomic E-state index is 12.4. The lowest BCUT2D eigenvalue weighted by Crippen LogP contribution is -2.22. The fourth-order valence-electron chi connectivity index (χ4n) is 1.70. The standard InChI is InChI=1S/C11H9F3N2O/c1-2-16-6-8(9(17)11(12,13)14)7-4-3-5-15-10(7)16/h3-6H,2H2,1H3. The molecule has 0 aliphatic carbocycles. The van der Waals surface area contributed by atoms with E-state index in [1.54, 1.807) is 6.92 Å². The summed E-state index contributed by atoms with van der Waals surface area (Å²) in [5, 5.41) is 0.233. The first kappa shape index (κ1) is 11.6. The zero-order valence-corrected chi connectivity index (χ0v) is 8.95. The minimum absolute atomic E-state index is 0.233.